The number of nitrogen functional groups attached to an aromatic ring is 6. The molecule has 6 aromatic heterocycles. The van der Waals surface area contributed by atoms with Gasteiger partial charge in [0.2, 0.25) is 0 Å². The molecule has 0 bridgehead atoms. The summed E-state index contributed by atoms with van der Waals surface area (Å²) in [7, 11) is 12.4. The van der Waals surface area contributed by atoms with Crippen molar-refractivity contribution in [2.24, 2.45) is 0 Å². The summed E-state index contributed by atoms with van der Waals surface area (Å²) in [4.78, 5) is 80.0. The van der Waals surface area contributed by atoms with Crippen LogP contribution < -0.4 is 34.4 Å². The van der Waals surface area contributed by atoms with Crippen LogP contribution in [0.15, 0.2) is 0 Å². The quantitative estimate of drug-likeness (QED) is 0.0587. The molecule has 3 aliphatic carbocycles. The third-order valence-corrected chi connectivity index (χ3v) is 21.0. The SMILES string of the molecule is C.C.CCOC(=O)n1nc(N)c2c1C(C)(C)N(C)C2.CCOC(=O)n1nc(N)c2c1C1(CC1)N(C)C2.CCOC(=O)n1nc2c(c1N)CN(C)C2(C)C.CCOC(=O)n1nc2c(c1N)CN(C)C21CC1.CCOC(C)=O.CCOC(C)=O.CN1Cc2c(N)n[nH]c2C1(C)C.CN1Cc2c(N)n[nH]c2C12CC2. The van der Waals surface area contributed by atoms with Gasteiger partial charge in [0.25, 0.3) is 0 Å². The van der Waals surface area contributed by atoms with E-state index in [4.69, 9.17) is 53.3 Å². The summed E-state index contributed by atoms with van der Waals surface area (Å²) in [6.07, 6.45) is 4.89. The number of ether oxygens (including phenoxy) is 6. The Balaban J connectivity index is 0.000000193. The number of carbonyl (C=O) groups excluding carboxylic acids is 6. The van der Waals surface area contributed by atoms with E-state index in [0.29, 0.717) is 93.2 Å². The first-order valence-corrected chi connectivity index (χ1v) is 35.2. The van der Waals surface area contributed by atoms with Crippen LogP contribution in [0.5, 0.6) is 0 Å². The summed E-state index contributed by atoms with van der Waals surface area (Å²) >= 11 is 0. The monoisotopic (exact) mass is 1490 g/mol. The third-order valence-electron chi connectivity index (χ3n) is 21.0. The van der Waals surface area contributed by atoms with E-state index in [1.807, 2.05) is 27.9 Å². The highest BCUT2D eigenvalue weighted by molar-refractivity contribution is 5.77. The zero-order valence-corrected chi connectivity index (χ0v) is 64.2. The van der Waals surface area contributed by atoms with Crippen molar-refractivity contribution in [3.8, 4) is 0 Å². The molecule has 3 saturated carbocycles. The predicted octanol–water partition coefficient (Wildman–Crippen LogP) is 7.62. The number of aromatic nitrogens is 12. The first kappa shape index (κ1) is 85.6. The average molecular weight is 1490 g/mol. The molecule has 0 unspecified atom stereocenters. The molecule has 0 saturated heterocycles. The van der Waals surface area contributed by atoms with Gasteiger partial charge in [0.15, 0.2) is 11.6 Å². The van der Waals surface area contributed by atoms with E-state index in [9.17, 15) is 28.8 Å². The van der Waals surface area contributed by atoms with E-state index in [-0.39, 0.29) is 54.5 Å². The topological polar surface area (TPSA) is 462 Å². The van der Waals surface area contributed by atoms with Crippen LogP contribution in [0.3, 0.4) is 0 Å². The maximum absolute atomic E-state index is 11.8. The highest BCUT2D eigenvalue weighted by Gasteiger charge is 2.58. The van der Waals surface area contributed by atoms with Crippen molar-refractivity contribution in [2.45, 2.75) is 223 Å². The smallest absolute Gasteiger partial charge is 0.436 e. The Kier molecular flexibility index (Phi) is 26.8. The molecule has 6 aliphatic heterocycles. The van der Waals surface area contributed by atoms with E-state index in [2.05, 4.69) is 136 Å². The van der Waals surface area contributed by atoms with Gasteiger partial charge in [-0.2, -0.15) is 29.8 Å². The van der Waals surface area contributed by atoms with Crippen LogP contribution in [-0.2, 0) is 111 Å². The highest BCUT2D eigenvalue weighted by atomic mass is 16.6. The molecule has 106 heavy (non-hydrogen) atoms. The number of nitrogens with one attached hydrogen (secondary N) is 2. The van der Waals surface area contributed by atoms with Crippen molar-refractivity contribution in [1.29, 1.82) is 0 Å². The van der Waals surface area contributed by atoms with E-state index in [1.165, 1.54) is 52.0 Å². The minimum absolute atomic E-state index is 0. The summed E-state index contributed by atoms with van der Waals surface area (Å²) < 4.78 is 33.6. The molecule has 6 aromatic rings. The molecule has 12 heterocycles. The number of aromatic amines is 2. The third kappa shape index (κ3) is 16.3. The van der Waals surface area contributed by atoms with E-state index >= 15 is 0 Å². The second-order valence-electron chi connectivity index (χ2n) is 28.5. The van der Waals surface area contributed by atoms with Gasteiger partial charge < -0.3 is 62.8 Å². The molecule has 0 atom stereocenters. The van der Waals surface area contributed by atoms with Gasteiger partial charge in [-0.25, -0.2) is 19.2 Å². The second kappa shape index (κ2) is 33.2. The van der Waals surface area contributed by atoms with Gasteiger partial charge in [0.05, 0.1) is 107 Å². The summed E-state index contributed by atoms with van der Waals surface area (Å²) in [6, 6.07) is 0. The molecule has 3 fully saturated rings. The van der Waals surface area contributed by atoms with E-state index in [1.54, 1.807) is 41.5 Å². The fraction of sp³-hybridized carbons (Fsp3) is 0.657. The number of H-pyrrole nitrogens is 2. The number of carbonyl (C=O) groups is 6. The normalized spacial score (nSPS) is 18.5. The Hall–Kier alpha value is -9.36. The fourth-order valence-electron chi connectivity index (χ4n) is 13.9. The molecular weight excluding hydrogens is 1370 g/mol. The van der Waals surface area contributed by atoms with Crippen molar-refractivity contribution < 1.29 is 57.2 Å². The number of nitrogens with two attached hydrogens (primary N) is 6. The second-order valence-corrected chi connectivity index (χ2v) is 28.5. The molecule has 3 spiro atoms. The van der Waals surface area contributed by atoms with Gasteiger partial charge >= 0.3 is 36.3 Å². The lowest BCUT2D eigenvalue weighted by Gasteiger charge is -2.28. The number of rotatable bonds is 6. The van der Waals surface area contributed by atoms with Gasteiger partial charge in [0, 0.05) is 86.5 Å². The van der Waals surface area contributed by atoms with Crippen molar-refractivity contribution in [3.63, 3.8) is 0 Å². The zero-order valence-electron chi connectivity index (χ0n) is 64.2. The number of nitrogens with zero attached hydrogens (tertiary/aromatic N) is 16. The van der Waals surface area contributed by atoms with Gasteiger partial charge in [-0.15, -0.1) is 19.6 Å². The molecular formula is C70H118N24O12. The largest absolute Gasteiger partial charge is 0.466 e. The van der Waals surface area contributed by atoms with Crippen LogP contribution in [0, 0.1) is 0 Å². The minimum Gasteiger partial charge on any atom is -0.466 e. The van der Waals surface area contributed by atoms with Crippen LogP contribution >= 0.6 is 0 Å². The molecule has 0 radical (unpaired) electrons. The maximum atomic E-state index is 11.8. The Morgan fingerprint density at radius 2 is 0.670 bits per heavy atom. The van der Waals surface area contributed by atoms with Crippen molar-refractivity contribution in [2.75, 3.05) is 116 Å². The van der Waals surface area contributed by atoms with Gasteiger partial charge in [-0.05, 0) is 164 Å². The molecule has 36 nitrogen and oxygen atoms in total. The molecule has 590 valence electrons. The minimum atomic E-state index is -0.516. The van der Waals surface area contributed by atoms with Crippen LogP contribution in [0.4, 0.5) is 54.1 Å². The van der Waals surface area contributed by atoms with Crippen LogP contribution in [0.2, 0.25) is 0 Å². The maximum Gasteiger partial charge on any atom is 0.436 e. The molecule has 15 rings (SSSR count). The average Bonchev–Trinajstić information content (AvgIpc) is 1.55. The Morgan fingerprint density at radius 3 is 1.08 bits per heavy atom. The van der Waals surface area contributed by atoms with E-state index < -0.39 is 24.4 Å². The summed E-state index contributed by atoms with van der Waals surface area (Å²) in [5.74, 6) is 2.57. The Morgan fingerprint density at radius 1 is 0.358 bits per heavy atom. The lowest BCUT2D eigenvalue weighted by atomic mass is 10.0. The first-order chi connectivity index (χ1) is 48.8. The van der Waals surface area contributed by atoms with E-state index in [0.717, 1.165) is 113 Å². The van der Waals surface area contributed by atoms with Crippen molar-refractivity contribution >= 4 is 71.2 Å². The van der Waals surface area contributed by atoms with Crippen molar-refractivity contribution in [3.05, 3.63) is 67.5 Å². The highest BCUT2D eigenvalue weighted by Crippen LogP contribution is 2.58. The van der Waals surface area contributed by atoms with Crippen LogP contribution in [-0.4, -0.2) is 207 Å². The summed E-state index contributed by atoms with van der Waals surface area (Å²) in [5, 5.41) is 30.9. The van der Waals surface area contributed by atoms with Crippen LogP contribution in [0.25, 0.3) is 0 Å². The molecule has 0 aromatic carbocycles. The van der Waals surface area contributed by atoms with Crippen LogP contribution in [0.1, 0.15) is 218 Å². The lowest BCUT2D eigenvalue weighted by Crippen LogP contribution is -2.35. The van der Waals surface area contributed by atoms with Crippen molar-refractivity contribution in [1.82, 2.24) is 88.9 Å². The number of anilines is 6. The molecule has 14 N–H and O–H groups in total. The summed E-state index contributed by atoms with van der Waals surface area (Å²) in [5.41, 5.74) is 47.1. The molecule has 0 amide bonds. The number of hydrogen-bond acceptors (Lipinski definition) is 30. The molecule has 36 heteroatoms. The number of hydrogen-bond donors (Lipinski definition) is 8. The first-order valence-electron chi connectivity index (χ1n) is 35.2. The fourth-order valence-corrected chi connectivity index (χ4v) is 13.9. The lowest BCUT2D eigenvalue weighted by molar-refractivity contribution is -0.141. The zero-order chi connectivity index (χ0) is 77.3. The summed E-state index contributed by atoms with van der Waals surface area (Å²) in [6.45, 7) is 33.0. The van der Waals surface area contributed by atoms with Gasteiger partial charge in [0.1, 0.15) is 23.3 Å². The van der Waals surface area contributed by atoms with Gasteiger partial charge in [-0.1, -0.05) is 14.9 Å². The Labute approximate surface area is 621 Å². The number of esters is 2. The Bertz CT molecular complexity index is 3900. The number of fused-ring (bicyclic) bond motifs is 9. The standard InChI is InChI=1S/2C11H16N4O2.2C11H18N4O2.C8H12N4.C8H14N4.2C4H8O2.2CH4/c1-3-17-10(16)15-8-7(9(12)13-15)6-14(2)11(8)4-5-11;1-3-17-10(16)15-9(12)7-6-14(2)11(4-5-11)8(7)13-15;1-5-17-10(16)15-8-7(9(12)13-15)6-14(4)11(8,2)3;1-5-17-10(16)15-9(12)7-6-14(4)11(2,3)8(7)13-15;1-12-4-5-6(8(12)2-3-8)10-11-7(5)9;1-8(2)6-5(4-12(8)3)7(9)11-10-6;2*1-3-6-4(2)5;;/h3-6H2,1-2H3,(H2,12,13);3-6,12H2,1-2H3;5-6H2,1-4H3,(H2,12,13);5-6,12H2,1-4H3;2-4H2,1H3,(H3,9,10,11);4H2,1-3H3,(H3,9,10,11);2*3H2,1-2H3;2*1H4. The predicted molar refractivity (Wildman–Crippen MR) is 401 cm³/mol. The van der Waals surface area contributed by atoms with Gasteiger partial charge in [-0.3, -0.25) is 49.2 Å². The molecule has 9 aliphatic rings.